The fourth-order valence-corrected chi connectivity index (χ4v) is 4.01. The van der Waals surface area contributed by atoms with Gasteiger partial charge < -0.3 is 10.2 Å². The molecule has 0 atom stereocenters. The summed E-state index contributed by atoms with van der Waals surface area (Å²) in [7, 11) is -2.12. The number of thioether (sulfide) groups is 1. The molecule has 1 saturated heterocycles. The van der Waals surface area contributed by atoms with Gasteiger partial charge in [0.2, 0.25) is 10.0 Å². The molecule has 1 aromatic carbocycles. The van der Waals surface area contributed by atoms with Crippen molar-refractivity contribution in [2.24, 2.45) is 5.14 Å². The van der Waals surface area contributed by atoms with E-state index < -0.39 is 10.0 Å². The molecule has 0 radical (unpaired) electrons. The third-order valence-corrected chi connectivity index (χ3v) is 5.86. The van der Waals surface area contributed by atoms with Crippen molar-refractivity contribution in [2.75, 3.05) is 23.9 Å². The zero-order valence-corrected chi connectivity index (χ0v) is 14.5. The summed E-state index contributed by atoms with van der Waals surface area (Å²) < 4.78 is 22.7. The Morgan fingerprint density at radius 1 is 1.41 bits per heavy atom. The van der Waals surface area contributed by atoms with E-state index in [1.807, 2.05) is 11.8 Å². The summed E-state index contributed by atoms with van der Waals surface area (Å²) >= 11 is 7.89. The maximum absolute atomic E-state index is 12.3. The third kappa shape index (κ3) is 4.28. The lowest BCUT2D eigenvalue weighted by atomic mass is 10.1. The van der Waals surface area contributed by atoms with E-state index in [4.69, 9.17) is 16.7 Å². The van der Waals surface area contributed by atoms with Gasteiger partial charge in [0.15, 0.2) is 0 Å². The number of amides is 2. The molecule has 3 N–H and O–H groups in total. The van der Waals surface area contributed by atoms with Gasteiger partial charge >= 0.3 is 6.03 Å². The van der Waals surface area contributed by atoms with Gasteiger partial charge in [-0.25, -0.2) is 18.4 Å². The van der Waals surface area contributed by atoms with Gasteiger partial charge in [0.1, 0.15) is 0 Å². The van der Waals surface area contributed by atoms with Gasteiger partial charge in [0.05, 0.1) is 15.6 Å². The van der Waals surface area contributed by atoms with E-state index in [0.29, 0.717) is 0 Å². The predicted octanol–water partition coefficient (Wildman–Crippen LogP) is 2.35. The van der Waals surface area contributed by atoms with Crippen molar-refractivity contribution in [1.29, 1.82) is 0 Å². The largest absolute Gasteiger partial charge is 0.325 e. The molecule has 0 spiro atoms. The first-order valence-corrected chi connectivity index (χ1v) is 9.81. The first-order chi connectivity index (χ1) is 10.3. The summed E-state index contributed by atoms with van der Waals surface area (Å²) in [4.78, 5) is 13.8. The first-order valence-electron chi connectivity index (χ1n) is 6.73. The van der Waals surface area contributed by atoms with Crippen LogP contribution in [0, 0.1) is 0 Å². The van der Waals surface area contributed by atoms with Crippen LogP contribution < -0.4 is 10.5 Å². The lowest BCUT2D eigenvalue weighted by Gasteiger charge is -2.31. The molecule has 1 fully saturated rings. The Bertz CT molecular complexity index is 660. The second kappa shape index (κ2) is 7.08. The van der Waals surface area contributed by atoms with Crippen LogP contribution in [0.15, 0.2) is 23.1 Å². The van der Waals surface area contributed by atoms with Crippen molar-refractivity contribution < 1.29 is 13.2 Å². The third-order valence-electron chi connectivity index (χ3n) is 3.57. The number of urea groups is 1. The van der Waals surface area contributed by atoms with Crippen molar-refractivity contribution in [3.8, 4) is 0 Å². The van der Waals surface area contributed by atoms with E-state index in [2.05, 4.69) is 5.32 Å². The van der Waals surface area contributed by atoms with Crippen LogP contribution in [0.3, 0.4) is 0 Å². The number of nitrogens with zero attached hydrogens (tertiary/aromatic N) is 1. The van der Waals surface area contributed by atoms with Gasteiger partial charge in [0.25, 0.3) is 0 Å². The van der Waals surface area contributed by atoms with Gasteiger partial charge in [-0.15, -0.1) is 0 Å². The SMILES string of the molecule is CN(C(=O)Nc1cc(S(N)(=O)=O)ccc1Cl)C1CCSCC1. The molecule has 1 heterocycles. The highest BCUT2D eigenvalue weighted by Gasteiger charge is 2.23. The Labute approximate surface area is 139 Å². The van der Waals surface area contributed by atoms with Crippen molar-refractivity contribution >= 4 is 45.1 Å². The average Bonchev–Trinajstić information content (AvgIpc) is 2.48. The van der Waals surface area contributed by atoms with Crippen molar-refractivity contribution in [1.82, 2.24) is 4.90 Å². The number of hydrogen-bond donors (Lipinski definition) is 2. The Hall–Kier alpha value is -0.960. The molecular weight excluding hydrogens is 346 g/mol. The van der Waals surface area contributed by atoms with Crippen LogP contribution in [0.2, 0.25) is 5.02 Å². The van der Waals surface area contributed by atoms with Gasteiger partial charge in [-0.2, -0.15) is 11.8 Å². The smallest absolute Gasteiger partial charge is 0.321 e. The van der Waals surface area contributed by atoms with Crippen molar-refractivity contribution in [3.05, 3.63) is 23.2 Å². The number of benzene rings is 1. The molecule has 122 valence electrons. The minimum absolute atomic E-state index is 0.0936. The molecule has 1 aliphatic rings. The number of halogens is 1. The van der Waals surface area contributed by atoms with E-state index in [1.165, 1.54) is 18.2 Å². The lowest BCUT2D eigenvalue weighted by Crippen LogP contribution is -2.41. The average molecular weight is 364 g/mol. The molecule has 0 aliphatic carbocycles. The molecule has 1 aromatic rings. The number of carbonyl (C=O) groups excluding carboxylic acids is 1. The Morgan fingerprint density at radius 2 is 2.05 bits per heavy atom. The number of nitrogens with one attached hydrogen (secondary N) is 1. The van der Waals surface area contributed by atoms with Gasteiger partial charge in [-0.3, -0.25) is 0 Å². The first kappa shape index (κ1) is 17.4. The normalized spacial score (nSPS) is 16.3. The van der Waals surface area contributed by atoms with Crippen LogP contribution in [0.4, 0.5) is 10.5 Å². The molecule has 0 aromatic heterocycles. The molecule has 2 rings (SSSR count). The number of nitrogens with two attached hydrogens (primary N) is 1. The predicted molar refractivity (Wildman–Crippen MR) is 90.0 cm³/mol. The van der Waals surface area contributed by atoms with Crippen LogP contribution in [0.1, 0.15) is 12.8 Å². The molecule has 2 amide bonds. The van der Waals surface area contributed by atoms with E-state index >= 15 is 0 Å². The summed E-state index contributed by atoms with van der Waals surface area (Å²) in [5.41, 5.74) is 0.232. The van der Waals surface area contributed by atoms with Gasteiger partial charge in [-0.05, 0) is 42.5 Å². The highest BCUT2D eigenvalue weighted by atomic mass is 35.5. The number of rotatable bonds is 3. The summed E-state index contributed by atoms with van der Waals surface area (Å²) in [6.07, 6.45) is 1.89. The topological polar surface area (TPSA) is 92.5 Å². The molecular formula is C13H18ClN3O3S2. The summed E-state index contributed by atoms with van der Waals surface area (Å²) in [5.74, 6) is 2.06. The summed E-state index contributed by atoms with van der Waals surface area (Å²) in [6.45, 7) is 0. The van der Waals surface area contributed by atoms with E-state index in [9.17, 15) is 13.2 Å². The Balaban J connectivity index is 2.13. The number of anilines is 1. The fourth-order valence-electron chi connectivity index (χ4n) is 2.22. The monoisotopic (exact) mass is 363 g/mol. The van der Waals surface area contributed by atoms with Crippen LogP contribution >= 0.6 is 23.4 Å². The number of hydrogen-bond acceptors (Lipinski definition) is 4. The van der Waals surface area contributed by atoms with Crippen molar-refractivity contribution in [2.45, 2.75) is 23.8 Å². The highest BCUT2D eigenvalue weighted by molar-refractivity contribution is 7.99. The highest BCUT2D eigenvalue weighted by Crippen LogP contribution is 2.26. The van der Waals surface area contributed by atoms with Gasteiger partial charge in [0, 0.05) is 13.1 Å². The standard InChI is InChI=1S/C13H18ClN3O3S2/c1-17(9-4-6-21-7-5-9)13(18)16-12-8-10(22(15,19)20)2-3-11(12)14/h2-3,8-9H,4-7H2,1H3,(H,16,18)(H2,15,19,20). The number of carbonyl (C=O) groups is 1. The molecule has 0 saturated carbocycles. The second-order valence-corrected chi connectivity index (χ2v) is 8.26. The van der Waals surface area contributed by atoms with E-state index in [0.717, 1.165) is 24.3 Å². The Morgan fingerprint density at radius 3 is 2.64 bits per heavy atom. The molecule has 0 bridgehead atoms. The lowest BCUT2D eigenvalue weighted by molar-refractivity contribution is 0.200. The van der Waals surface area contributed by atoms with Gasteiger partial charge in [-0.1, -0.05) is 11.6 Å². The van der Waals surface area contributed by atoms with Crippen LogP contribution in [-0.2, 0) is 10.0 Å². The quantitative estimate of drug-likeness (QED) is 0.862. The van der Waals surface area contributed by atoms with Crippen LogP contribution in [0.5, 0.6) is 0 Å². The van der Waals surface area contributed by atoms with E-state index in [1.54, 1.807) is 11.9 Å². The van der Waals surface area contributed by atoms with Crippen molar-refractivity contribution in [3.63, 3.8) is 0 Å². The fraction of sp³-hybridized carbons (Fsp3) is 0.462. The molecule has 1 aliphatic heterocycles. The van der Waals surface area contributed by atoms with Crippen LogP contribution in [-0.4, -0.2) is 43.9 Å². The molecule has 6 nitrogen and oxygen atoms in total. The molecule has 9 heteroatoms. The zero-order chi connectivity index (χ0) is 16.3. The van der Waals surface area contributed by atoms with E-state index in [-0.39, 0.29) is 27.7 Å². The van der Waals surface area contributed by atoms with Crippen LogP contribution in [0.25, 0.3) is 0 Å². The minimum atomic E-state index is -3.84. The maximum Gasteiger partial charge on any atom is 0.321 e. The zero-order valence-electron chi connectivity index (χ0n) is 12.1. The second-order valence-electron chi connectivity index (χ2n) is 5.07. The number of primary sulfonamides is 1. The maximum atomic E-state index is 12.3. The molecule has 0 unspecified atom stereocenters. The summed E-state index contributed by atoms with van der Waals surface area (Å²) in [6, 6.07) is 3.83. The summed E-state index contributed by atoms with van der Waals surface area (Å²) in [5, 5.41) is 7.99. The number of sulfonamides is 1. The minimum Gasteiger partial charge on any atom is -0.325 e. The molecule has 22 heavy (non-hydrogen) atoms. The Kier molecular flexibility index (Phi) is 5.60.